The first-order valence-electron chi connectivity index (χ1n) is 4.63. The third kappa shape index (κ3) is 3.18. The van der Waals surface area contributed by atoms with Crippen LogP contribution in [0.2, 0.25) is 0 Å². The number of alkyl halides is 1. The van der Waals surface area contributed by atoms with Crippen molar-refractivity contribution in [3.8, 4) is 0 Å². The molecule has 0 saturated heterocycles. The predicted octanol–water partition coefficient (Wildman–Crippen LogP) is 3.04. The van der Waals surface area contributed by atoms with E-state index in [-0.39, 0.29) is 12.0 Å². The molecule has 1 N–H and O–H groups in total. The van der Waals surface area contributed by atoms with Gasteiger partial charge in [0.05, 0.1) is 12.0 Å². The second kappa shape index (κ2) is 5.85. The van der Waals surface area contributed by atoms with E-state index in [4.69, 9.17) is 16.3 Å². The van der Waals surface area contributed by atoms with E-state index in [9.17, 15) is 5.11 Å². The van der Waals surface area contributed by atoms with E-state index in [0.29, 0.717) is 0 Å². The number of halogens is 2. The van der Waals surface area contributed by atoms with Gasteiger partial charge >= 0.3 is 0 Å². The maximum atomic E-state index is 9.70. The molecule has 0 amide bonds. The lowest BCUT2D eigenvalue weighted by Gasteiger charge is -2.22. The number of hydrogen-bond donors (Lipinski definition) is 1. The van der Waals surface area contributed by atoms with E-state index in [2.05, 4.69) is 15.9 Å². The van der Waals surface area contributed by atoms with Crippen molar-refractivity contribution in [2.75, 3.05) is 13.0 Å². The Morgan fingerprint density at radius 2 is 2.20 bits per heavy atom. The van der Waals surface area contributed by atoms with Gasteiger partial charge < -0.3 is 9.84 Å². The van der Waals surface area contributed by atoms with Crippen molar-refractivity contribution < 1.29 is 9.84 Å². The number of benzene rings is 1. The van der Waals surface area contributed by atoms with Crippen molar-refractivity contribution >= 4 is 27.5 Å². The van der Waals surface area contributed by atoms with Crippen LogP contribution < -0.4 is 0 Å². The summed E-state index contributed by atoms with van der Waals surface area (Å²) in [5.41, 5.74) is 2.04. The van der Waals surface area contributed by atoms with Crippen LogP contribution in [-0.2, 0) is 4.74 Å². The summed E-state index contributed by atoms with van der Waals surface area (Å²) >= 11 is 9.01. The lowest BCUT2D eigenvalue weighted by molar-refractivity contribution is -0.00206. The van der Waals surface area contributed by atoms with Gasteiger partial charge in [-0.2, -0.15) is 0 Å². The fourth-order valence-electron chi connectivity index (χ4n) is 1.53. The number of aliphatic hydroxyl groups excluding tert-OH is 1. The van der Waals surface area contributed by atoms with Crippen LogP contribution in [0.4, 0.5) is 0 Å². The van der Waals surface area contributed by atoms with Gasteiger partial charge in [-0.3, -0.25) is 0 Å². The van der Waals surface area contributed by atoms with Gasteiger partial charge in [-0.1, -0.05) is 22.0 Å². The van der Waals surface area contributed by atoms with E-state index in [1.54, 1.807) is 7.11 Å². The molecule has 1 aromatic carbocycles. The minimum absolute atomic E-state index is 0.161. The molecule has 0 spiro atoms. The third-order valence-electron chi connectivity index (χ3n) is 2.30. The zero-order valence-electron chi connectivity index (χ0n) is 8.71. The Balaban J connectivity index is 3.01. The summed E-state index contributed by atoms with van der Waals surface area (Å²) in [5, 5.41) is 9.70. The van der Waals surface area contributed by atoms with Crippen molar-refractivity contribution in [1.29, 1.82) is 0 Å². The molecular weight excluding hydrogens is 279 g/mol. The van der Waals surface area contributed by atoms with Crippen LogP contribution in [0.5, 0.6) is 0 Å². The molecule has 0 aliphatic heterocycles. The second-order valence-electron chi connectivity index (χ2n) is 3.38. The Morgan fingerprint density at radius 1 is 1.53 bits per heavy atom. The van der Waals surface area contributed by atoms with Crippen LogP contribution >= 0.6 is 27.5 Å². The molecule has 0 aliphatic rings. The zero-order chi connectivity index (χ0) is 11.4. The molecular formula is C11H14BrClO2. The molecule has 0 bridgehead atoms. The Bertz CT molecular complexity index is 330. The summed E-state index contributed by atoms with van der Waals surface area (Å²) in [6, 6.07) is 5.85. The first-order chi connectivity index (χ1) is 7.10. The van der Waals surface area contributed by atoms with Crippen molar-refractivity contribution in [2.45, 2.75) is 19.1 Å². The van der Waals surface area contributed by atoms with Gasteiger partial charge in [-0.05, 0) is 30.2 Å². The summed E-state index contributed by atoms with van der Waals surface area (Å²) in [4.78, 5) is 0. The van der Waals surface area contributed by atoms with Crippen LogP contribution in [0.3, 0.4) is 0 Å². The third-order valence-corrected chi connectivity index (χ3v) is 3.11. The van der Waals surface area contributed by atoms with Gasteiger partial charge in [0, 0.05) is 11.6 Å². The average molecular weight is 294 g/mol. The maximum absolute atomic E-state index is 9.70. The number of rotatable bonds is 4. The van der Waals surface area contributed by atoms with Gasteiger partial charge in [0.25, 0.3) is 0 Å². The highest BCUT2D eigenvalue weighted by Gasteiger charge is 2.21. The SMILES string of the molecule is CO[C@@H](c1ccc(Br)cc1C)[C@@H](O)CCl. The summed E-state index contributed by atoms with van der Waals surface area (Å²) < 4.78 is 6.27. The van der Waals surface area contributed by atoms with E-state index in [1.807, 2.05) is 25.1 Å². The Kier molecular flexibility index (Phi) is 5.06. The fourth-order valence-corrected chi connectivity index (χ4v) is 2.17. The number of aliphatic hydroxyl groups is 1. The second-order valence-corrected chi connectivity index (χ2v) is 4.60. The zero-order valence-corrected chi connectivity index (χ0v) is 11.0. The molecule has 2 atom stereocenters. The average Bonchev–Trinajstić information content (AvgIpc) is 2.21. The van der Waals surface area contributed by atoms with Gasteiger partial charge in [-0.15, -0.1) is 11.6 Å². The Labute approximate surface area is 103 Å². The first kappa shape index (κ1) is 13.0. The van der Waals surface area contributed by atoms with Crippen LogP contribution in [0, 0.1) is 6.92 Å². The van der Waals surface area contributed by atoms with E-state index in [0.717, 1.165) is 15.6 Å². The summed E-state index contributed by atoms with van der Waals surface area (Å²) in [7, 11) is 1.57. The van der Waals surface area contributed by atoms with E-state index in [1.165, 1.54) is 0 Å². The predicted molar refractivity (Wildman–Crippen MR) is 65.4 cm³/mol. The van der Waals surface area contributed by atoms with E-state index >= 15 is 0 Å². The molecule has 84 valence electrons. The van der Waals surface area contributed by atoms with Gasteiger partial charge in [0.1, 0.15) is 6.10 Å². The fraction of sp³-hybridized carbons (Fsp3) is 0.455. The lowest BCUT2D eigenvalue weighted by atomic mass is 10.0. The molecule has 4 heteroatoms. The number of methoxy groups -OCH3 is 1. The molecule has 0 saturated carbocycles. The minimum atomic E-state index is -0.684. The molecule has 0 fully saturated rings. The van der Waals surface area contributed by atoms with Crippen molar-refractivity contribution in [2.24, 2.45) is 0 Å². The maximum Gasteiger partial charge on any atom is 0.109 e. The molecule has 1 aromatic rings. The molecule has 15 heavy (non-hydrogen) atoms. The highest BCUT2D eigenvalue weighted by molar-refractivity contribution is 9.10. The molecule has 0 unspecified atom stereocenters. The van der Waals surface area contributed by atoms with Crippen molar-refractivity contribution in [1.82, 2.24) is 0 Å². The molecule has 2 nitrogen and oxygen atoms in total. The number of hydrogen-bond acceptors (Lipinski definition) is 2. The standard InChI is InChI=1S/C11H14BrClO2/c1-7-5-8(12)3-4-9(7)11(15-2)10(14)6-13/h3-5,10-11,14H,6H2,1-2H3/t10-,11-/m0/s1. The molecule has 1 rings (SSSR count). The summed E-state index contributed by atoms with van der Waals surface area (Å²) in [6.07, 6.45) is -1.05. The number of ether oxygens (including phenoxy) is 1. The van der Waals surface area contributed by atoms with Crippen molar-refractivity contribution in [3.05, 3.63) is 33.8 Å². The molecule has 0 radical (unpaired) electrons. The summed E-state index contributed by atoms with van der Waals surface area (Å²) in [5.74, 6) is 0.161. The van der Waals surface area contributed by atoms with Crippen LogP contribution in [-0.4, -0.2) is 24.2 Å². The lowest BCUT2D eigenvalue weighted by Crippen LogP contribution is -2.22. The van der Waals surface area contributed by atoms with Crippen LogP contribution in [0.15, 0.2) is 22.7 Å². The Morgan fingerprint density at radius 3 is 2.67 bits per heavy atom. The van der Waals surface area contributed by atoms with Crippen LogP contribution in [0.25, 0.3) is 0 Å². The first-order valence-corrected chi connectivity index (χ1v) is 5.95. The monoisotopic (exact) mass is 292 g/mol. The van der Waals surface area contributed by atoms with Gasteiger partial charge in [0.15, 0.2) is 0 Å². The number of aryl methyl sites for hydroxylation is 1. The highest BCUT2D eigenvalue weighted by atomic mass is 79.9. The minimum Gasteiger partial charge on any atom is -0.389 e. The smallest absolute Gasteiger partial charge is 0.109 e. The topological polar surface area (TPSA) is 29.5 Å². The Hall–Kier alpha value is -0.0900. The van der Waals surface area contributed by atoms with Crippen molar-refractivity contribution in [3.63, 3.8) is 0 Å². The highest BCUT2D eigenvalue weighted by Crippen LogP contribution is 2.26. The summed E-state index contributed by atoms with van der Waals surface area (Å²) in [6.45, 7) is 1.98. The normalized spacial score (nSPS) is 15.0. The molecule has 0 heterocycles. The van der Waals surface area contributed by atoms with Crippen LogP contribution in [0.1, 0.15) is 17.2 Å². The van der Waals surface area contributed by atoms with E-state index < -0.39 is 6.10 Å². The van der Waals surface area contributed by atoms with Gasteiger partial charge in [-0.25, -0.2) is 0 Å². The quantitative estimate of drug-likeness (QED) is 0.865. The molecule has 0 aliphatic carbocycles. The molecule has 0 aromatic heterocycles. The largest absolute Gasteiger partial charge is 0.389 e. The van der Waals surface area contributed by atoms with Gasteiger partial charge in [0.2, 0.25) is 0 Å².